The Bertz CT molecular complexity index is 711. The minimum Gasteiger partial charge on any atom is -0.495 e. The highest BCUT2D eigenvalue weighted by atomic mass is 79.9. The molecule has 24 heavy (non-hydrogen) atoms. The first-order valence-electron chi connectivity index (χ1n) is 7.45. The van der Waals surface area contributed by atoms with Crippen LogP contribution in [0.25, 0.3) is 0 Å². The molecule has 6 heteroatoms. The molecule has 2 aromatic rings. The minimum atomic E-state index is -0.317. The minimum absolute atomic E-state index is 0.175. The van der Waals surface area contributed by atoms with Gasteiger partial charge < -0.3 is 14.4 Å². The highest BCUT2D eigenvalue weighted by Crippen LogP contribution is 2.36. The summed E-state index contributed by atoms with van der Waals surface area (Å²) < 4.78 is 24.6. The van der Waals surface area contributed by atoms with E-state index in [1.54, 1.807) is 29.2 Å². The summed E-state index contributed by atoms with van der Waals surface area (Å²) in [7, 11) is 3.05. The molecular weight excluding hydrogens is 377 g/mol. The van der Waals surface area contributed by atoms with E-state index in [9.17, 15) is 9.18 Å². The number of ether oxygens (including phenoxy) is 2. The molecule has 0 heterocycles. The van der Waals surface area contributed by atoms with Gasteiger partial charge in [0.2, 0.25) is 0 Å². The van der Waals surface area contributed by atoms with Crippen molar-refractivity contribution in [2.24, 2.45) is 0 Å². The third-order valence-corrected chi connectivity index (χ3v) is 4.41. The van der Waals surface area contributed by atoms with Crippen LogP contribution in [0.2, 0.25) is 0 Å². The molecule has 0 aromatic heterocycles. The van der Waals surface area contributed by atoms with Crippen molar-refractivity contribution < 1.29 is 18.7 Å². The van der Waals surface area contributed by atoms with Crippen molar-refractivity contribution in [1.29, 1.82) is 0 Å². The average Bonchev–Trinajstić information content (AvgIpc) is 2.59. The summed E-state index contributed by atoms with van der Waals surface area (Å²) in [5, 5.41) is 0. The maximum atomic E-state index is 13.3. The highest BCUT2D eigenvalue weighted by Gasteiger charge is 2.19. The number of rotatable bonds is 6. The van der Waals surface area contributed by atoms with Crippen LogP contribution < -0.4 is 9.47 Å². The number of methoxy groups -OCH3 is 2. The van der Waals surface area contributed by atoms with Gasteiger partial charge in [0, 0.05) is 18.7 Å². The van der Waals surface area contributed by atoms with Gasteiger partial charge in [0.05, 0.1) is 14.2 Å². The molecule has 128 valence electrons. The molecule has 0 fully saturated rings. The van der Waals surface area contributed by atoms with Gasteiger partial charge in [-0.25, -0.2) is 4.39 Å². The van der Waals surface area contributed by atoms with Crippen LogP contribution in [-0.4, -0.2) is 31.6 Å². The summed E-state index contributed by atoms with van der Waals surface area (Å²) in [6.45, 7) is 2.70. The quantitative estimate of drug-likeness (QED) is 0.732. The SMILES string of the molecule is CCN(Cc1cccc(F)c1)C(=O)c1cc(OC)c(Br)c(OC)c1. The number of benzene rings is 2. The van der Waals surface area contributed by atoms with E-state index in [-0.39, 0.29) is 11.7 Å². The van der Waals surface area contributed by atoms with Crippen molar-refractivity contribution in [2.45, 2.75) is 13.5 Å². The lowest BCUT2D eigenvalue weighted by Gasteiger charge is -2.22. The number of nitrogens with zero attached hydrogens (tertiary/aromatic N) is 1. The van der Waals surface area contributed by atoms with Crippen LogP contribution in [0.4, 0.5) is 4.39 Å². The fourth-order valence-electron chi connectivity index (χ4n) is 2.36. The third kappa shape index (κ3) is 4.06. The molecule has 0 spiro atoms. The first kappa shape index (κ1) is 18.3. The molecule has 4 nitrogen and oxygen atoms in total. The van der Waals surface area contributed by atoms with Crippen LogP contribution in [0.5, 0.6) is 11.5 Å². The second-order valence-corrected chi connectivity index (χ2v) is 5.94. The van der Waals surface area contributed by atoms with Gasteiger partial charge in [0.15, 0.2) is 0 Å². The van der Waals surface area contributed by atoms with E-state index >= 15 is 0 Å². The zero-order chi connectivity index (χ0) is 17.7. The summed E-state index contributed by atoms with van der Waals surface area (Å²) in [5.41, 5.74) is 1.19. The van der Waals surface area contributed by atoms with E-state index in [4.69, 9.17) is 9.47 Å². The molecular formula is C18H19BrFNO3. The molecule has 0 saturated heterocycles. The smallest absolute Gasteiger partial charge is 0.254 e. The molecule has 0 radical (unpaired) electrons. The lowest BCUT2D eigenvalue weighted by molar-refractivity contribution is 0.0751. The van der Waals surface area contributed by atoms with E-state index < -0.39 is 0 Å². The number of halogens is 2. The Morgan fingerprint density at radius 1 is 1.17 bits per heavy atom. The van der Waals surface area contributed by atoms with Gasteiger partial charge in [0.25, 0.3) is 5.91 Å². The topological polar surface area (TPSA) is 38.8 Å². The number of hydrogen-bond acceptors (Lipinski definition) is 3. The molecule has 1 amide bonds. The second-order valence-electron chi connectivity index (χ2n) is 5.14. The molecule has 0 aliphatic rings. The van der Waals surface area contributed by atoms with Crippen molar-refractivity contribution in [2.75, 3.05) is 20.8 Å². The maximum Gasteiger partial charge on any atom is 0.254 e. The van der Waals surface area contributed by atoms with Gasteiger partial charge in [-0.15, -0.1) is 0 Å². The lowest BCUT2D eigenvalue weighted by atomic mass is 10.1. The third-order valence-electron chi connectivity index (χ3n) is 3.62. The van der Waals surface area contributed by atoms with Crippen LogP contribution in [0.15, 0.2) is 40.9 Å². The van der Waals surface area contributed by atoms with Crippen LogP contribution in [0.1, 0.15) is 22.8 Å². The van der Waals surface area contributed by atoms with E-state index in [0.717, 1.165) is 5.56 Å². The van der Waals surface area contributed by atoms with Gasteiger partial charge >= 0.3 is 0 Å². The fraction of sp³-hybridized carbons (Fsp3) is 0.278. The molecule has 2 aromatic carbocycles. The average molecular weight is 396 g/mol. The molecule has 0 saturated carbocycles. The van der Waals surface area contributed by atoms with E-state index in [1.165, 1.54) is 26.4 Å². The van der Waals surface area contributed by atoms with Crippen molar-refractivity contribution >= 4 is 21.8 Å². The molecule has 0 bridgehead atoms. The summed E-state index contributed by atoms with van der Waals surface area (Å²) in [4.78, 5) is 14.5. The van der Waals surface area contributed by atoms with Crippen molar-refractivity contribution in [1.82, 2.24) is 4.90 Å². The number of amides is 1. The zero-order valence-corrected chi connectivity index (χ0v) is 15.4. The first-order chi connectivity index (χ1) is 11.5. The Balaban J connectivity index is 2.31. The summed E-state index contributed by atoms with van der Waals surface area (Å²) in [6, 6.07) is 9.55. The van der Waals surface area contributed by atoms with Gasteiger partial charge in [-0.3, -0.25) is 4.79 Å². The van der Waals surface area contributed by atoms with Crippen LogP contribution >= 0.6 is 15.9 Å². The monoisotopic (exact) mass is 395 g/mol. The predicted octanol–water partition coefficient (Wildman–Crippen LogP) is 4.27. The number of hydrogen-bond donors (Lipinski definition) is 0. The van der Waals surface area contributed by atoms with Gasteiger partial charge in [-0.05, 0) is 52.7 Å². The summed E-state index contributed by atoms with van der Waals surface area (Å²) in [5.74, 6) is 0.535. The van der Waals surface area contributed by atoms with Crippen LogP contribution in [0.3, 0.4) is 0 Å². The first-order valence-corrected chi connectivity index (χ1v) is 8.24. The second kappa shape index (κ2) is 8.15. The predicted molar refractivity (Wildman–Crippen MR) is 94.1 cm³/mol. The lowest BCUT2D eigenvalue weighted by Crippen LogP contribution is -2.30. The summed E-state index contributed by atoms with van der Waals surface area (Å²) >= 11 is 3.38. The standard InChI is InChI=1S/C18H19BrFNO3/c1-4-21(11-12-6-5-7-14(20)8-12)18(22)13-9-15(23-2)17(19)16(10-13)24-3/h5-10H,4,11H2,1-3H3. The molecule has 0 aliphatic heterocycles. The highest BCUT2D eigenvalue weighted by molar-refractivity contribution is 9.10. The van der Waals surface area contributed by atoms with E-state index in [2.05, 4.69) is 15.9 Å². The van der Waals surface area contributed by atoms with Gasteiger partial charge in [-0.1, -0.05) is 12.1 Å². The zero-order valence-electron chi connectivity index (χ0n) is 13.8. The van der Waals surface area contributed by atoms with E-state index in [0.29, 0.717) is 34.6 Å². The Hall–Kier alpha value is -2.08. The summed E-state index contributed by atoms with van der Waals surface area (Å²) in [6.07, 6.45) is 0. The largest absolute Gasteiger partial charge is 0.495 e. The number of carbonyl (C=O) groups excluding carboxylic acids is 1. The molecule has 0 atom stereocenters. The Morgan fingerprint density at radius 3 is 2.29 bits per heavy atom. The molecule has 0 N–H and O–H groups in total. The van der Waals surface area contributed by atoms with Gasteiger partial charge in [0.1, 0.15) is 21.8 Å². The maximum absolute atomic E-state index is 13.3. The fourth-order valence-corrected chi connectivity index (χ4v) is 2.91. The van der Waals surface area contributed by atoms with Crippen molar-refractivity contribution in [3.63, 3.8) is 0 Å². The Morgan fingerprint density at radius 2 is 1.79 bits per heavy atom. The van der Waals surface area contributed by atoms with Crippen LogP contribution in [0, 0.1) is 5.82 Å². The Labute approximate surface area is 149 Å². The number of carbonyl (C=O) groups is 1. The van der Waals surface area contributed by atoms with Gasteiger partial charge in [-0.2, -0.15) is 0 Å². The normalized spacial score (nSPS) is 10.4. The molecule has 0 unspecified atom stereocenters. The van der Waals surface area contributed by atoms with Crippen molar-refractivity contribution in [3.8, 4) is 11.5 Å². The molecule has 0 aliphatic carbocycles. The molecule has 2 rings (SSSR count). The Kier molecular flexibility index (Phi) is 6.20. The van der Waals surface area contributed by atoms with E-state index in [1.807, 2.05) is 6.92 Å². The van der Waals surface area contributed by atoms with Crippen molar-refractivity contribution in [3.05, 3.63) is 57.8 Å². The van der Waals surface area contributed by atoms with Crippen LogP contribution in [-0.2, 0) is 6.54 Å².